The van der Waals surface area contributed by atoms with Crippen molar-refractivity contribution in [1.29, 1.82) is 0 Å². The molecule has 0 aliphatic carbocycles. The van der Waals surface area contributed by atoms with Gasteiger partial charge in [0.05, 0.1) is 0 Å². The molecule has 0 bridgehead atoms. The zero-order valence-corrected chi connectivity index (χ0v) is 12.9. The molecular weight excluding hydrogens is 254 g/mol. The zero-order chi connectivity index (χ0) is 15.5. The Labute approximate surface area is 128 Å². The van der Waals surface area contributed by atoms with E-state index in [1.165, 1.54) is 0 Å². The van der Waals surface area contributed by atoms with Gasteiger partial charge in [-0.1, -0.05) is 55.7 Å². The van der Waals surface area contributed by atoms with Crippen LogP contribution in [0, 0.1) is 0 Å². The van der Waals surface area contributed by atoms with Crippen LogP contribution in [0.2, 0.25) is 0 Å². The number of para-hydroxylation sites is 1. The first-order chi connectivity index (χ1) is 10.3. The van der Waals surface area contributed by atoms with E-state index in [4.69, 9.17) is 0 Å². The quantitative estimate of drug-likeness (QED) is 0.570. The van der Waals surface area contributed by atoms with Crippen molar-refractivity contribution >= 4 is 5.69 Å². The summed E-state index contributed by atoms with van der Waals surface area (Å²) in [5, 5.41) is 0. The molecule has 0 saturated heterocycles. The molecule has 1 aromatic carbocycles. The van der Waals surface area contributed by atoms with Gasteiger partial charge in [-0.15, -0.1) is 0 Å². The highest BCUT2D eigenvalue weighted by atomic mass is 15.1. The van der Waals surface area contributed by atoms with Gasteiger partial charge >= 0.3 is 0 Å². The monoisotopic (exact) mass is 277 g/mol. The summed E-state index contributed by atoms with van der Waals surface area (Å²) in [6.45, 7) is 11.8. The SMILES string of the molecule is C=C/C=C(\C=C/C)N(/C(C=C)=C/C=C\C)c1ccccc1. The van der Waals surface area contributed by atoms with Gasteiger partial charge in [0.1, 0.15) is 0 Å². The summed E-state index contributed by atoms with van der Waals surface area (Å²) in [7, 11) is 0. The first-order valence-corrected chi connectivity index (χ1v) is 7.04. The lowest BCUT2D eigenvalue weighted by atomic mass is 10.2. The minimum absolute atomic E-state index is 1.01. The Morgan fingerprint density at radius 3 is 2.19 bits per heavy atom. The molecule has 0 fully saturated rings. The molecule has 0 unspecified atom stereocenters. The van der Waals surface area contributed by atoms with E-state index in [9.17, 15) is 0 Å². The number of hydrogen-bond acceptors (Lipinski definition) is 1. The fourth-order valence-corrected chi connectivity index (χ4v) is 1.95. The molecule has 0 radical (unpaired) electrons. The summed E-state index contributed by atoms with van der Waals surface area (Å²) in [6, 6.07) is 10.2. The highest BCUT2D eigenvalue weighted by Crippen LogP contribution is 2.25. The second-order valence-corrected chi connectivity index (χ2v) is 4.32. The van der Waals surface area contributed by atoms with Crippen LogP contribution in [0.25, 0.3) is 0 Å². The maximum Gasteiger partial charge on any atom is 0.0461 e. The maximum absolute atomic E-state index is 3.94. The van der Waals surface area contributed by atoms with Crippen molar-refractivity contribution in [2.75, 3.05) is 4.90 Å². The van der Waals surface area contributed by atoms with E-state index in [2.05, 4.69) is 36.3 Å². The van der Waals surface area contributed by atoms with E-state index in [1.807, 2.05) is 68.5 Å². The molecule has 0 atom stereocenters. The van der Waals surface area contributed by atoms with E-state index >= 15 is 0 Å². The Kier molecular flexibility index (Phi) is 7.37. The molecular formula is C20H23N. The Bertz CT molecular complexity index is 571. The number of nitrogens with zero attached hydrogens (tertiary/aromatic N) is 1. The lowest BCUT2D eigenvalue weighted by Gasteiger charge is -2.27. The Morgan fingerprint density at radius 2 is 1.67 bits per heavy atom. The predicted molar refractivity (Wildman–Crippen MR) is 95.1 cm³/mol. The van der Waals surface area contributed by atoms with Crippen LogP contribution in [0.3, 0.4) is 0 Å². The molecule has 1 heteroatoms. The van der Waals surface area contributed by atoms with Gasteiger partial charge in [0.15, 0.2) is 0 Å². The summed E-state index contributed by atoms with van der Waals surface area (Å²) in [5.41, 5.74) is 3.12. The minimum atomic E-state index is 1.01. The van der Waals surface area contributed by atoms with Gasteiger partial charge in [0.2, 0.25) is 0 Å². The largest absolute Gasteiger partial charge is 0.311 e. The second kappa shape index (κ2) is 9.38. The predicted octanol–water partition coefficient (Wildman–Crippen LogP) is 5.79. The number of anilines is 1. The first-order valence-electron chi connectivity index (χ1n) is 7.04. The molecule has 1 rings (SSSR count). The summed E-state index contributed by atoms with van der Waals surface area (Å²) < 4.78 is 0. The van der Waals surface area contributed by atoms with Gasteiger partial charge in [-0.2, -0.15) is 0 Å². The van der Waals surface area contributed by atoms with Gasteiger partial charge < -0.3 is 4.90 Å². The Morgan fingerprint density at radius 1 is 0.952 bits per heavy atom. The fraction of sp³-hybridized carbons (Fsp3) is 0.100. The number of benzene rings is 1. The molecule has 1 aromatic rings. The summed E-state index contributed by atoms with van der Waals surface area (Å²) in [6.07, 6.45) is 15.8. The van der Waals surface area contributed by atoms with E-state index < -0.39 is 0 Å². The van der Waals surface area contributed by atoms with Crippen molar-refractivity contribution in [3.8, 4) is 0 Å². The zero-order valence-electron chi connectivity index (χ0n) is 12.9. The third-order valence-corrected chi connectivity index (χ3v) is 2.83. The van der Waals surface area contributed by atoms with Crippen molar-refractivity contribution in [3.05, 3.63) is 103 Å². The van der Waals surface area contributed by atoms with Crippen molar-refractivity contribution in [1.82, 2.24) is 0 Å². The van der Waals surface area contributed by atoms with Gasteiger partial charge in [0.25, 0.3) is 0 Å². The third kappa shape index (κ3) is 4.81. The molecule has 0 heterocycles. The molecule has 0 aliphatic rings. The first kappa shape index (κ1) is 16.5. The van der Waals surface area contributed by atoms with E-state index in [0.29, 0.717) is 0 Å². The van der Waals surface area contributed by atoms with Crippen molar-refractivity contribution in [2.45, 2.75) is 13.8 Å². The van der Waals surface area contributed by atoms with Crippen LogP contribution in [0.4, 0.5) is 5.69 Å². The van der Waals surface area contributed by atoms with Crippen LogP contribution in [-0.4, -0.2) is 0 Å². The number of allylic oxidation sites excluding steroid dienone is 8. The van der Waals surface area contributed by atoms with E-state index in [0.717, 1.165) is 17.1 Å². The highest BCUT2D eigenvalue weighted by Gasteiger charge is 2.12. The molecule has 21 heavy (non-hydrogen) atoms. The normalized spacial score (nSPS) is 12.9. The molecule has 0 saturated carbocycles. The minimum Gasteiger partial charge on any atom is -0.311 e. The van der Waals surface area contributed by atoms with Crippen molar-refractivity contribution in [3.63, 3.8) is 0 Å². The van der Waals surface area contributed by atoms with Crippen LogP contribution in [0.1, 0.15) is 13.8 Å². The van der Waals surface area contributed by atoms with Gasteiger partial charge in [-0.05, 0) is 50.3 Å². The molecule has 108 valence electrons. The van der Waals surface area contributed by atoms with Crippen LogP contribution in [0.5, 0.6) is 0 Å². The molecule has 0 aliphatic heterocycles. The average molecular weight is 277 g/mol. The fourth-order valence-electron chi connectivity index (χ4n) is 1.95. The van der Waals surface area contributed by atoms with E-state index in [1.54, 1.807) is 6.08 Å². The maximum atomic E-state index is 3.94. The van der Waals surface area contributed by atoms with Crippen molar-refractivity contribution < 1.29 is 0 Å². The van der Waals surface area contributed by atoms with Gasteiger partial charge in [0, 0.05) is 17.1 Å². The second-order valence-electron chi connectivity index (χ2n) is 4.32. The average Bonchev–Trinajstić information content (AvgIpc) is 2.52. The molecule has 1 nitrogen and oxygen atoms in total. The number of hydrogen-bond donors (Lipinski definition) is 0. The van der Waals surface area contributed by atoms with Gasteiger partial charge in [-0.25, -0.2) is 0 Å². The lowest BCUT2D eigenvalue weighted by Crippen LogP contribution is -2.19. The smallest absolute Gasteiger partial charge is 0.0461 e. The lowest BCUT2D eigenvalue weighted by molar-refractivity contribution is 1.14. The number of rotatable bonds is 7. The highest BCUT2D eigenvalue weighted by molar-refractivity contribution is 5.63. The third-order valence-electron chi connectivity index (χ3n) is 2.83. The summed E-state index contributed by atoms with van der Waals surface area (Å²) in [4.78, 5) is 2.15. The van der Waals surface area contributed by atoms with Crippen molar-refractivity contribution in [2.24, 2.45) is 0 Å². The van der Waals surface area contributed by atoms with Gasteiger partial charge in [-0.3, -0.25) is 0 Å². The standard InChI is InChI=1S/C20H23N/c1-5-9-15-18(8-4)21(19(13-6-2)14-7-3)20-16-11-10-12-17-20/h5-17H,2,4H2,1,3H3/b9-5-,14-7-,18-15+,19-13+. The molecule has 0 spiro atoms. The summed E-state index contributed by atoms with van der Waals surface area (Å²) in [5.74, 6) is 0. The summed E-state index contributed by atoms with van der Waals surface area (Å²) >= 11 is 0. The van der Waals surface area contributed by atoms with Crippen LogP contribution in [-0.2, 0) is 0 Å². The topological polar surface area (TPSA) is 3.24 Å². The Hall–Kier alpha value is -2.54. The molecule has 0 N–H and O–H groups in total. The molecule has 0 aromatic heterocycles. The van der Waals surface area contributed by atoms with Crippen LogP contribution in [0.15, 0.2) is 103 Å². The molecule has 0 amide bonds. The van der Waals surface area contributed by atoms with E-state index in [-0.39, 0.29) is 0 Å². The van der Waals surface area contributed by atoms with Crippen LogP contribution < -0.4 is 4.90 Å². The van der Waals surface area contributed by atoms with Crippen LogP contribution >= 0.6 is 0 Å². The Balaban J connectivity index is 3.45.